The first-order valence-electron chi connectivity index (χ1n) is 7.87. The smallest absolute Gasteiger partial charge is 0.0316 e. The molecule has 2 nitrogen and oxygen atoms in total. The molecule has 1 saturated carbocycles. The Hall–Kier alpha value is -1.02. The number of benzene rings is 1. The van der Waals surface area contributed by atoms with Crippen molar-refractivity contribution in [2.75, 3.05) is 25.4 Å². The van der Waals surface area contributed by atoms with E-state index in [4.69, 9.17) is 5.73 Å². The predicted molar refractivity (Wildman–Crippen MR) is 81.2 cm³/mol. The third kappa shape index (κ3) is 2.79. The van der Waals surface area contributed by atoms with Crippen molar-refractivity contribution in [2.45, 2.75) is 38.5 Å². The molecule has 1 saturated heterocycles. The Morgan fingerprint density at radius 1 is 1.16 bits per heavy atom. The number of rotatable bonds is 6. The van der Waals surface area contributed by atoms with Gasteiger partial charge in [0.2, 0.25) is 0 Å². The molecule has 2 aliphatic rings. The van der Waals surface area contributed by atoms with Crippen LogP contribution in [0.25, 0.3) is 0 Å². The molecule has 2 heteroatoms. The zero-order valence-electron chi connectivity index (χ0n) is 12.0. The molecule has 2 atom stereocenters. The molecular formula is C17H26N2. The molecule has 1 aliphatic heterocycles. The van der Waals surface area contributed by atoms with E-state index in [0.29, 0.717) is 0 Å². The van der Waals surface area contributed by atoms with E-state index in [-0.39, 0.29) is 0 Å². The number of nitrogen functional groups attached to an aromatic ring is 1. The zero-order valence-corrected chi connectivity index (χ0v) is 12.0. The molecule has 1 aromatic rings. The summed E-state index contributed by atoms with van der Waals surface area (Å²) < 4.78 is 0. The maximum atomic E-state index is 5.89. The number of piperidine rings is 1. The summed E-state index contributed by atoms with van der Waals surface area (Å²) in [6, 6.07) is 8.52. The van der Waals surface area contributed by atoms with Gasteiger partial charge >= 0.3 is 0 Å². The van der Waals surface area contributed by atoms with Crippen LogP contribution in [-0.4, -0.2) is 24.5 Å². The van der Waals surface area contributed by atoms with Crippen LogP contribution in [0.2, 0.25) is 0 Å². The third-order valence-corrected chi connectivity index (χ3v) is 4.89. The van der Waals surface area contributed by atoms with Gasteiger partial charge in [-0.25, -0.2) is 0 Å². The highest BCUT2D eigenvalue weighted by Gasteiger charge is 2.55. The van der Waals surface area contributed by atoms with E-state index in [9.17, 15) is 0 Å². The molecule has 0 aromatic heterocycles. The molecule has 1 aliphatic carbocycles. The van der Waals surface area contributed by atoms with Crippen molar-refractivity contribution < 1.29 is 0 Å². The number of unbranched alkanes of at least 4 members (excludes halogenated alkanes) is 3. The molecule has 1 aromatic carbocycles. The normalized spacial score (nSPS) is 29.4. The first-order valence-corrected chi connectivity index (χ1v) is 7.87. The molecule has 2 unspecified atom stereocenters. The summed E-state index contributed by atoms with van der Waals surface area (Å²) in [7, 11) is 0. The van der Waals surface area contributed by atoms with Crippen LogP contribution in [0.5, 0.6) is 0 Å². The minimum atomic E-state index is 0.801. The van der Waals surface area contributed by atoms with Crippen LogP contribution in [0, 0.1) is 11.8 Å². The summed E-state index contributed by atoms with van der Waals surface area (Å²) in [4.78, 5) is 2.67. The van der Waals surface area contributed by atoms with Gasteiger partial charge in [-0.1, -0.05) is 38.3 Å². The average Bonchev–Trinajstić information content (AvgIpc) is 2.91. The Morgan fingerprint density at radius 3 is 2.63 bits per heavy atom. The lowest BCUT2D eigenvalue weighted by Crippen LogP contribution is -2.25. The monoisotopic (exact) mass is 258 g/mol. The summed E-state index contributed by atoms with van der Waals surface area (Å²) in [5.41, 5.74) is 8.27. The fourth-order valence-corrected chi connectivity index (χ4v) is 3.82. The minimum Gasteiger partial charge on any atom is -0.399 e. The first kappa shape index (κ1) is 13.0. The highest BCUT2D eigenvalue weighted by molar-refractivity contribution is 5.44. The fourth-order valence-electron chi connectivity index (χ4n) is 3.82. The van der Waals surface area contributed by atoms with Crippen molar-refractivity contribution in [1.82, 2.24) is 4.90 Å². The average molecular weight is 258 g/mol. The molecule has 19 heavy (non-hydrogen) atoms. The van der Waals surface area contributed by atoms with E-state index < -0.39 is 0 Å². The van der Waals surface area contributed by atoms with Gasteiger partial charge in [-0.15, -0.1) is 0 Å². The van der Waals surface area contributed by atoms with E-state index >= 15 is 0 Å². The van der Waals surface area contributed by atoms with Crippen LogP contribution < -0.4 is 5.73 Å². The number of hydrogen-bond donors (Lipinski definition) is 1. The molecule has 1 heterocycles. The van der Waals surface area contributed by atoms with Crippen molar-refractivity contribution in [2.24, 2.45) is 11.8 Å². The van der Waals surface area contributed by atoms with Crippen molar-refractivity contribution in [3.05, 3.63) is 29.8 Å². The summed E-state index contributed by atoms with van der Waals surface area (Å²) in [6.07, 6.45) is 5.52. The summed E-state index contributed by atoms with van der Waals surface area (Å²) >= 11 is 0. The quantitative estimate of drug-likeness (QED) is 0.625. The van der Waals surface area contributed by atoms with Gasteiger partial charge in [-0.05, 0) is 48.4 Å². The van der Waals surface area contributed by atoms with Crippen molar-refractivity contribution in [1.29, 1.82) is 0 Å². The van der Waals surface area contributed by atoms with E-state index in [1.807, 2.05) is 6.07 Å². The van der Waals surface area contributed by atoms with Crippen LogP contribution in [0.4, 0.5) is 5.69 Å². The van der Waals surface area contributed by atoms with Crippen LogP contribution in [0.15, 0.2) is 24.3 Å². The van der Waals surface area contributed by atoms with Gasteiger partial charge in [-0.2, -0.15) is 0 Å². The molecule has 0 bridgehead atoms. The molecule has 104 valence electrons. The second-order valence-corrected chi connectivity index (χ2v) is 6.34. The van der Waals surface area contributed by atoms with Gasteiger partial charge in [-0.3, -0.25) is 0 Å². The SMILES string of the molecule is CCCCCCN1CC2C(C1)C2c1cccc(N)c1. The van der Waals surface area contributed by atoms with Crippen LogP contribution in [-0.2, 0) is 0 Å². The largest absolute Gasteiger partial charge is 0.399 e. The molecule has 3 rings (SSSR count). The van der Waals surface area contributed by atoms with Gasteiger partial charge < -0.3 is 10.6 Å². The molecule has 0 amide bonds. The molecule has 2 N–H and O–H groups in total. The third-order valence-electron chi connectivity index (χ3n) is 4.89. The maximum Gasteiger partial charge on any atom is 0.0316 e. The summed E-state index contributed by atoms with van der Waals surface area (Å²) in [5, 5.41) is 0. The van der Waals surface area contributed by atoms with Gasteiger partial charge in [0.15, 0.2) is 0 Å². The van der Waals surface area contributed by atoms with E-state index in [0.717, 1.165) is 23.4 Å². The molecule has 0 radical (unpaired) electrons. The summed E-state index contributed by atoms with van der Waals surface area (Å²) in [5.74, 6) is 2.62. The van der Waals surface area contributed by atoms with Gasteiger partial charge in [0, 0.05) is 18.8 Å². The number of nitrogens with two attached hydrogens (primary N) is 1. The summed E-state index contributed by atoms with van der Waals surface area (Å²) in [6.45, 7) is 6.23. The van der Waals surface area contributed by atoms with E-state index in [2.05, 4.69) is 30.0 Å². The Balaban J connectivity index is 1.45. The van der Waals surface area contributed by atoms with E-state index in [1.54, 1.807) is 0 Å². The highest BCUT2D eigenvalue weighted by atomic mass is 15.2. The standard InChI is InChI=1S/C17H26N2/c1-2-3-4-5-9-19-11-15-16(12-19)17(15)13-7-6-8-14(18)10-13/h6-8,10,15-17H,2-5,9,11-12,18H2,1H3. The zero-order chi connectivity index (χ0) is 13.2. The second-order valence-electron chi connectivity index (χ2n) is 6.34. The second kappa shape index (κ2) is 5.54. The van der Waals surface area contributed by atoms with Crippen molar-refractivity contribution >= 4 is 5.69 Å². The fraction of sp³-hybridized carbons (Fsp3) is 0.647. The lowest BCUT2D eigenvalue weighted by molar-refractivity contribution is 0.290. The predicted octanol–water partition coefficient (Wildman–Crippen LogP) is 3.49. The molecular weight excluding hydrogens is 232 g/mol. The number of likely N-dealkylation sites (tertiary alicyclic amines) is 1. The highest BCUT2D eigenvalue weighted by Crippen LogP contribution is 2.58. The minimum absolute atomic E-state index is 0.801. The number of hydrogen-bond acceptors (Lipinski definition) is 2. The molecule has 0 spiro atoms. The van der Waals surface area contributed by atoms with Gasteiger partial charge in [0.05, 0.1) is 0 Å². The Morgan fingerprint density at radius 2 is 1.95 bits per heavy atom. The topological polar surface area (TPSA) is 29.3 Å². The van der Waals surface area contributed by atoms with Crippen LogP contribution in [0.3, 0.4) is 0 Å². The van der Waals surface area contributed by atoms with E-state index in [1.165, 1.54) is 50.9 Å². The van der Waals surface area contributed by atoms with Crippen LogP contribution >= 0.6 is 0 Å². The van der Waals surface area contributed by atoms with Crippen LogP contribution in [0.1, 0.15) is 44.1 Å². The van der Waals surface area contributed by atoms with Gasteiger partial charge in [0.1, 0.15) is 0 Å². The first-order chi connectivity index (χ1) is 9.29. The Labute approximate surface area is 117 Å². The Kier molecular flexibility index (Phi) is 3.79. The number of fused-ring (bicyclic) bond motifs is 1. The maximum absolute atomic E-state index is 5.89. The Bertz CT molecular complexity index is 417. The number of anilines is 1. The van der Waals surface area contributed by atoms with Crippen molar-refractivity contribution in [3.8, 4) is 0 Å². The molecule has 2 fully saturated rings. The lowest BCUT2D eigenvalue weighted by Gasteiger charge is -2.19. The number of nitrogens with zero attached hydrogens (tertiary/aromatic N) is 1. The van der Waals surface area contributed by atoms with Gasteiger partial charge in [0.25, 0.3) is 0 Å². The van der Waals surface area contributed by atoms with Crippen molar-refractivity contribution in [3.63, 3.8) is 0 Å². The lowest BCUT2D eigenvalue weighted by atomic mass is 10.1.